The Morgan fingerprint density at radius 2 is 1.68 bits per heavy atom. The zero-order valence-corrected chi connectivity index (χ0v) is 22.7. The molecule has 2 aromatic carbocycles. The van der Waals surface area contributed by atoms with Crippen LogP contribution in [0.15, 0.2) is 54.9 Å². The number of carbonyl (C=O) groups excluding carboxylic acids is 1. The van der Waals surface area contributed by atoms with Crippen LogP contribution in [-0.4, -0.2) is 50.8 Å². The average Bonchev–Trinajstić information content (AvgIpc) is 2.91. The normalized spacial score (nSPS) is 14.4. The summed E-state index contributed by atoms with van der Waals surface area (Å²) < 4.78 is 64.8. The van der Waals surface area contributed by atoms with Crippen LogP contribution in [0.4, 0.5) is 33.9 Å². The van der Waals surface area contributed by atoms with Crippen molar-refractivity contribution in [2.24, 2.45) is 0 Å². The van der Waals surface area contributed by atoms with Gasteiger partial charge in [0.2, 0.25) is 0 Å². The highest BCUT2D eigenvalue weighted by molar-refractivity contribution is 6.00. The van der Waals surface area contributed by atoms with Gasteiger partial charge in [-0.1, -0.05) is 6.07 Å². The molecular weight excluding hydrogens is 540 g/mol. The summed E-state index contributed by atoms with van der Waals surface area (Å²) in [5.41, 5.74) is -1.26. The maximum absolute atomic E-state index is 15.3. The number of aromatic hydroxyl groups is 1. The van der Waals surface area contributed by atoms with Gasteiger partial charge in [0.25, 0.3) is 0 Å². The molecule has 0 saturated carbocycles. The average molecular weight is 569 g/mol. The van der Waals surface area contributed by atoms with Crippen molar-refractivity contribution in [3.63, 3.8) is 0 Å². The Morgan fingerprint density at radius 1 is 1.00 bits per heavy atom. The number of rotatable bonds is 4. The molecule has 5 rings (SSSR count). The van der Waals surface area contributed by atoms with Crippen LogP contribution in [0.1, 0.15) is 33.6 Å². The third-order valence-electron chi connectivity index (χ3n) is 6.84. The molecule has 1 N–H and O–H groups in total. The van der Waals surface area contributed by atoms with Crippen LogP contribution in [0.25, 0.3) is 22.0 Å². The molecule has 0 spiro atoms. The van der Waals surface area contributed by atoms with Gasteiger partial charge in [-0.05, 0) is 63.9 Å². The van der Waals surface area contributed by atoms with Crippen LogP contribution in [0.5, 0.6) is 5.75 Å². The number of fused-ring (bicyclic) bond motifs is 1. The van der Waals surface area contributed by atoms with Crippen molar-refractivity contribution < 1.29 is 32.2 Å². The van der Waals surface area contributed by atoms with Gasteiger partial charge in [0.15, 0.2) is 11.6 Å². The number of pyridine rings is 2. The number of hydrogen-bond acceptors (Lipinski definition) is 6. The van der Waals surface area contributed by atoms with E-state index < -0.39 is 52.3 Å². The number of piperidine rings is 1. The van der Waals surface area contributed by atoms with E-state index in [9.17, 15) is 14.3 Å². The topological polar surface area (TPSA) is 78.8 Å². The highest BCUT2D eigenvalue weighted by Gasteiger charge is 2.35. The largest absolute Gasteiger partial charge is 0.504 e. The van der Waals surface area contributed by atoms with Crippen LogP contribution < -0.4 is 4.90 Å². The molecule has 0 unspecified atom stereocenters. The summed E-state index contributed by atoms with van der Waals surface area (Å²) in [6.07, 6.45) is 2.86. The van der Waals surface area contributed by atoms with Gasteiger partial charge in [0.1, 0.15) is 28.9 Å². The van der Waals surface area contributed by atoms with E-state index in [-0.39, 0.29) is 41.1 Å². The first-order valence-electron chi connectivity index (χ1n) is 13.1. The molecule has 11 heteroatoms. The highest BCUT2D eigenvalue weighted by atomic mass is 19.1. The molecule has 0 aliphatic carbocycles. The third-order valence-corrected chi connectivity index (χ3v) is 6.84. The summed E-state index contributed by atoms with van der Waals surface area (Å²) in [7, 11) is 0. The van der Waals surface area contributed by atoms with Crippen molar-refractivity contribution in [1.29, 1.82) is 0 Å². The van der Waals surface area contributed by atoms with Crippen molar-refractivity contribution in [3.05, 3.63) is 78.1 Å². The number of carbonyl (C=O) groups is 1. The molecule has 7 nitrogen and oxygen atoms in total. The fraction of sp³-hybridized carbons (Fsp3) is 0.300. The number of aromatic nitrogens is 2. The molecule has 214 valence electrons. The highest BCUT2D eigenvalue weighted by Crippen LogP contribution is 2.46. The summed E-state index contributed by atoms with van der Waals surface area (Å²) in [6, 6.07) is 7.24. The maximum atomic E-state index is 15.3. The van der Waals surface area contributed by atoms with Crippen LogP contribution >= 0.6 is 0 Å². The number of ether oxygens (including phenoxy) is 1. The Balaban J connectivity index is 1.66. The molecule has 4 aromatic rings. The fourth-order valence-electron chi connectivity index (χ4n) is 5.04. The monoisotopic (exact) mass is 568 g/mol. The fourth-order valence-corrected chi connectivity index (χ4v) is 5.04. The second kappa shape index (κ2) is 10.9. The molecular formula is C30H28F4N4O3. The molecule has 1 aliphatic rings. The molecule has 0 atom stereocenters. The van der Waals surface area contributed by atoms with Gasteiger partial charge >= 0.3 is 6.09 Å². The number of nitrogens with zero attached hydrogens (tertiary/aromatic N) is 4. The third kappa shape index (κ3) is 5.61. The summed E-state index contributed by atoms with van der Waals surface area (Å²) >= 11 is 0. The predicted octanol–water partition coefficient (Wildman–Crippen LogP) is 7.10. The SMILES string of the molecule is CC(C)(C)OC(=O)N1CCC(N(c2ccc(F)cc2F)c2nc3cnccc3c(-c3c(F)cccc3F)c2O)CC1. The summed E-state index contributed by atoms with van der Waals surface area (Å²) in [5, 5.41) is 11.9. The standard InChI is InChI=1S/C30H28F4N4O3/c1-30(2,3)41-29(40)37-13-10-18(11-14-37)38(24-8-7-17(31)15-22(24)34)28-27(39)25(19-9-12-35-16-23(19)36-28)26-20(32)5-4-6-21(26)33/h4-9,12,15-16,18,39H,10-11,13-14H2,1-3H3. The van der Waals surface area contributed by atoms with E-state index in [0.717, 1.165) is 18.2 Å². The number of benzene rings is 2. The Bertz CT molecular complexity index is 1600. The molecule has 0 radical (unpaired) electrons. The van der Waals surface area contributed by atoms with Crippen LogP contribution in [0, 0.1) is 23.3 Å². The molecule has 1 saturated heterocycles. The molecule has 1 fully saturated rings. The van der Waals surface area contributed by atoms with Gasteiger partial charge in [0, 0.05) is 42.3 Å². The van der Waals surface area contributed by atoms with Gasteiger partial charge in [-0.3, -0.25) is 4.98 Å². The number of hydrogen-bond donors (Lipinski definition) is 1. The number of likely N-dealkylation sites (tertiary alicyclic amines) is 1. The molecule has 3 heterocycles. The number of anilines is 2. The second-order valence-corrected chi connectivity index (χ2v) is 10.8. The smallest absolute Gasteiger partial charge is 0.410 e. The molecule has 41 heavy (non-hydrogen) atoms. The first-order valence-corrected chi connectivity index (χ1v) is 13.1. The van der Waals surface area contributed by atoms with Gasteiger partial charge in [-0.15, -0.1) is 0 Å². The van der Waals surface area contributed by atoms with E-state index >= 15 is 13.2 Å². The van der Waals surface area contributed by atoms with Crippen molar-refractivity contribution >= 4 is 28.5 Å². The minimum Gasteiger partial charge on any atom is -0.504 e. The minimum absolute atomic E-state index is 0.104. The van der Waals surface area contributed by atoms with Gasteiger partial charge in [-0.25, -0.2) is 27.3 Å². The van der Waals surface area contributed by atoms with Gasteiger partial charge < -0.3 is 19.6 Å². The van der Waals surface area contributed by atoms with Crippen LogP contribution in [-0.2, 0) is 4.74 Å². The van der Waals surface area contributed by atoms with E-state index in [1.807, 2.05) is 0 Å². The van der Waals surface area contributed by atoms with Crippen molar-refractivity contribution in [3.8, 4) is 16.9 Å². The van der Waals surface area contributed by atoms with Gasteiger partial charge in [-0.2, -0.15) is 0 Å². The maximum Gasteiger partial charge on any atom is 0.410 e. The van der Waals surface area contributed by atoms with E-state index in [0.29, 0.717) is 18.9 Å². The Kier molecular flexibility index (Phi) is 7.46. The first kappa shape index (κ1) is 28.1. The number of halogens is 4. The zero-order chi connectivity index (χ0) is 29.5. The Labute approximate surface area is 234 Å². The van der Waals surface area contributed by atoms with Crippen LogP contribution in [0.3, 0.4) is 0 Å². The predicted molar refractivity (Wildman–Crippen MR) is 146 cm³/mol. The molecule has 1 amide bonds. The van der Waals surface area contributed by atoms with E-state index in [1.165, 1.54) is 40.4 Å². The van der Waals surface area contributed by atoms with Crippen molar-refractivity contribution in [2.45, 2.75) is 45.3 Å². The summed E-state index contributed by atoms with van der Waals surface area (Å²) in [4.78, 5) is 24.2. The lowest BCUT2D eigenvalue weighted by Crippen LogP contribution is -2.47. The lowest BCUT2D eigenvalue weighted by atomic mass is 9.97. The van der Waals surface area contributed by atoms with Crippen molar-refractivity contribution in [2.75, 3.05) is 18.0 Å². The second-order valence-electron chi connectivity index (χ2n) is 10.8. The van der Waals surface area contributed by atoms with E-state index in [4.69, 9.17) is 4.74 Å². The first-order chi connectivity index (χ1) is 19.4. The van der Waals surface area contributed by atoms with Crippen LogP contribution in [0.2, 0.25) is 0 Å². The Hall–Kier alpha value is -4.41. The lowest BCUT2D eigenvalue weighted by molar-refractivity contribution is 0.0206. The molecule has 2 aromatic heterocycles. The quantitative estimate of drug-likeness (QED) is 0.265. The Morgan fingerprint density at radius 3 is 2.32 bits per heavy atom. The van der Waals surface area contributed by atoms with E-state index in [1.54, 1.807) is 20.8 Å². The minimum atomic E-state index is -0.925. The van der Waals surface area contributed by atoms with E-state index in [2.05, 4.69) is 9.97 Å². The lowest BCUT2D eigenvalue weighted by Gasteiger charge is -2.40. The summed E-state index contributed by atoms with van der Waals surface area (Å²) in [5.74, 6) is -4.34. The number of amides is 1. The van der Waals surface area contributed by atoms with Crippen molar-refractivity contribution in [1.82, 2.24) is 14.9 Å². The summed E-state index contributed by atoms with van der Waals surface area (Å²) in [6.45, 7) is 5.76. The molecule has 0 bridgehead atoms. The van der Waals surface area contributed by atoms with Gasteiger partial charge in [0.05, 0.1) is 23.0 Å². The molecule has 1 aliphatic heterocycles. The zero-order valence-electron chi connectivity index (χ0n) is 22.7.